The van der Waals surface area contributed by atoms with Crippen LogP contribution >= 0.6 is 23.2 Å². The number of sulfone groups is 1. The van der Waals surface area contributed by atoms with Crippen molar-refractivity contribution >= 4 is 44.7 Å². The molecule has 2 aromatic rings. The summed E-state index contributed by atoms with van der Waals surface area (Å²) < 4.78 is 25.1. The highest BCUT2D eigenvalue weighted by Crippen LogP contribution is 2.31. The third-order valence-corrected chi connectivity index (χ3v) is 4.62. The molecule has 0 saturated carbocycles. The first kappa shape index (κ1) is 15.9. The topological polar surface area (TPSA) is 90.0 Å². The van der Waals surface area contributed by atoms with Crippen LogP contribution in [0.2, 0.25) is 10.0 Å². The zero-order valence-electron chi connectivity index (χ0n) is 11.4. The number of nitrogens with zero attached hydrogens (tertiary/aromatic N) is 2. The number of benzene rings is 1. The summed E-state index contributed by atoms with van der Waals surface area (Å²) in [5.74, 6) is 0.232. The number of rotatable bonds is 4. The molecule has 0 fully saturated rings. The van der Waals surface area contributed by atoms with Crippen molar-refractivity contribution in [3.63, 3.8) is 0 Å². The number of anilines is 2. The molecule has 1 heterocycles. The fraction of sp³-hybridized carbons (Fsp3) is 0.250. The Morgan fingerprint density at radius 1 is 1.33 bits per heavy atom. The van der Waals surface area contributed by atoms with E-state index in [4.69, 9.17) is 28.9 Å². The second-order valence-corrected chi connectivity index (χ2v) is 7.14. The Balaban J connectivity index is 2.68. The molecule has 0 spiro atoms. The van der Waals surface area contributed by atoms with Crippen LogP contribution < -0.4 is 11.1 Å². The highest BCUT2D eigenvalue weighted by atomic mass is 35.5. The number of nitrogens with two attached hydrogens (primary N) is 1. The van der Waals surface area contributed by atoms with Crippen molar-refractivity contribution in [3.05, 3.63) is 28.2 Å². The van der Waals surface area contributed by atoms with Crippen molar-refractivity contribution in [1.82, 2.24) is 9.78 Å². The number of hydrogen-bond donors (Lipinski definition) is 2. The van der Waals surface area contributed by atoms with Crippen molar-refractivity contribution in [2.24, 2.45) is 0 Å². The molecular weight excluding hydrogens is 335 g/mol. The fourth-order valence-electron chi connectivity index (χ4n) is 1.88. The summed E-state index contributed by atoms with van der Waals surface area (Å²) in [7, 11) is -3.52. The van der Waals surface area contributed by atoms with Crippen LogP contribution in [0.5, 0.6) is 0 Å². The first-order valence-corrected chi connectivity index (χ1v) is 8.68. The number of nitrogen functional groups attached to an aromatic ring is 1. The van der Waals surface area contributed by atoms with Crippen LogP contribution in [0.3, 0.4) is 0 Å². The van der Waals surface area contributed by atoms with Crippen LogP contribution in [0.15, 0.2) is 23.1 Å². The van der Waals surface area contributed by atoms with Crippen LogP contribution in [-0.2, 0) is 9.84 Å². The number of aromatic nitrogens is 2. The van der Waals surface area contributed by atoms with Gasteiger partial charge in [0.05, 0.1) is 15.7 Å². The molecule has 9 heteroatoms. The van der Waals surface area contributed by atoms with Gasteiger partial charge >= 0.3 is 0 Å². The van der Waals surface area contributed by atoms with E-state index in [1.807, 2.05) is 6.92 Å². The Morgan fingerprint density at radius 2 is 2.00 bits per heavy atom. The molecule has 0 bridgehead atoms. The SMILES string of the molecule is CCNc1nn(-c2ccc(Cl)c(Cl)c2)c(N)c1S(C)(=O)=O. The minimum atomic E-state index is -3.52. The molecule has 0 aliphatic rings. The molecule has 1 aromatic carbocycles. The fourth-order valence-corrected chi connectivity index (χ4v) is 3.10. The van der Waals surface area contributed by atoms with Crippen molar-refractivity contribution in [2.75, 3.05) is 23.9 Å². The highest BCUT2D eigenvalue weighted by molar-refractivity contribution is 7.91. The maximum atomic E-state index is 11.9. The van der Waals surface area contributed by atoms with Crippen molar-refractivity contribution < 1.29 is 8.42 Å². The average Bonchev–Trinajstić information content (AvgIpc) is 2.70. The lowest BCUT2D eigenvalue weighted by Gasteiger charge is -2.05. The summed E-state index contributed by atoms with van der Waals surface area (Å²) >= 11 is 11.8. The highest BCUT2D eigenvalue weighted by Gasteiger charge is 2.24. The molecule has 0 aliphatic carbocycles. The Bertz CT molecular complexity index is 787. The molecular formula is C12H14Cl2N4O2S. The van der Waals surface area contributed by atoms with Crippen LogP contribution in [0.1, 0.15) is 6.92 Å². The predicted molar refractivity (Wildman–Crippen MR) is 85.3 cm³/mol. The molecule has 0 radical (unpaired) electrons. The standard InChI is InChI=1S/C12H14Cl2N4O2S/c1-3-16-12-10(21(2,19)20)11(15)18(17-12)7-4-5-8(13)9(14)6-7/h4-6H,3,15H2,1-2H3,(H,16,17). The number of halogens is 2. The summed E-state index contributed by atoms with van der Waals surface area (Å²) in [6.45, 7) is 2.35. The molecule has 0 unspecified atom stereocenters. The lowest BCUT2D eigenvalue weighted by molar-refractivity contribution is 0.602. The first-order valence-electron chi connectivity index (χ1n) is 6.03. The van der Waals surface area contributed by atoms with Crippen molar-refractivity contribution in [1.29, 1.82) is 0 Å². The zero-order valence-corrected chi connectivity index (χ0v) is 13.7. The zero-order chi connectivity index (χ0) is 15.8. The van der Waals surface area contributed by atoms with Crippen LogP contribution in [0, 0.1) is 0 Å². The summed E-state index contributed by atoms with van der Waals surface area (Å²) in [4.78, 5) is -0.0320. The summed E-state index contributed by atoms with van der Waals surface area (Å²) in [6.07, 6.45) is 1.08. The van der Waals surface area contributed by atoms with Gasteiger partial charge in [-0.1, -0.05) is 23.2 Å². The molecule has 2 rings (SSSR count). The Labute approximate surface area is 132 Å². The first-order chi connectivity index (χ1) is 9.75. The van der Waals surface area contributed by atoms with Gasteiger partial charge in [-0.05, 0) is 25.1 Å². The van der Waals surface area contributed by atoms with E-state index < -0.39 is 9.84 Å². The van der Waals surface area contributed by atoms with E-state index in [2.05, 4.69) is 10.4 Å². The maximum Gasteiger partial charge on any atom is 0.182 e. The molecule has 0 saturated heterocycles. The molecule has 1 aromatic heterocycles. The quantitative estimate of drug-likeness (QED) is 0.886. The van der Waals surface area contributed by atoms with Crippen molar-refractivity contribution in [3.8, 4) is 5.69 Å². The second-order valence-electron chi connectivity index (χ2n) is 4.38. The van der Waals surface area contributed by atoms with Gasteiger partial charge in [0.2, 0.25) is 0 Å². The normalized spacial score (nSPS) is 11.6. The van der Waals surface area contributed by atoms with E-state index in [1.165, 1.54) is 4.68 Å². The van der Waals surface area contributed by atoms with Gasteiger partial charge in [-0.3, -0.25) is 0 Å². The Hall–Kier alpha value is -1.44. The van der Waals surface area contributed by atoms with E-state index in [0.717, 1.165) is 6.26 Å². The molecule has 21 heavy (non-hydrogen) atoms. The van der Waals surface area contributed by atoms with Crippen molar-refractivity contribution in [2.45, 2.75) is 11.8 Å². The van der Waals surface area contributed by atoms with Gasteiger partial charge in [0, 0.05) is 12.8 Å². The molecule has 6 nitrogen and oxygen atoms in total. The third-order valence-electron chi connectivity index (χ3n) is 2.74. The van der Waals surface area contributed by atoms with E-state index in [1.54, 1.807) is 18.2 Å². The van der Waals surface area contributed by atoms with E-state index in [0.29, 0.717) is 22.3 Å². The molecule has 3 N–H and O–H groups in total. The molecule has 114 valence electrons. The van der Waals surface area contributed by atoms with Gasteiger partial charge in [-0.25, -0.2) is 13.1 Å². The van der Waals surface area contributed by atoms with E-state index >= 15 is 0 Å². The Morgan fingerprint density at radius 3 is 2.52 bits per heavy atom. The van der Waals surface area contributed by atoms with E-state index in [9.17, 15) is 8.42 Å². The Kier molecular flexibility index (Phi) is 4.36. The number of nitrogens with one attached hydrogen (secondary N) is 1. The minimum absolute atomic E-state index is 0.0202. The van der Waals surface area contributed by atoms with Gasteiger partial charge in [0.1, 0.15) is 5.82 Å². The van der Waals surface area contributed by atoms with Crippen LogP contribution in [0.4, 0.5) is 11.6 Å². The van der Waals surface area contributed by atoms with E-state index in [-0.39, 0.29) is 16.5 Å². The second kappa shape index (κ2) is 5.75. The summed E-state index contributed by atoms with van der Waals surface area (Å²) in [5.41, 5.74) is 6.47. The van der Waals surface area contributed by atoms with Gasteiger partial charge in [0.15, 0.2) is 20.6 Å². The van der Waals surface area contributed by atoms with Gasteiger partial charge in [-0.15, -0.1) is 5.10 Å². The van der Waals surface area contributed by atoms with Gasteiger partial charge < -0.3 is 11.1 Å². The van der Waals surface area contributed by atoms with Crippen LogP contribution in [-0.4, -0.2) is 31.0 Å². The van der Waals surface area contributed by atoms with Crippen LogP contribution in [0.25, 0.3) is 5.69 Å². The van der Waals surface area contributed by atoms with Gasteiger partial charge in [0.25, 0.3) is 0 Å². The smallest absolute Gasteiger partial charge is 0.182 e. The molecule has 0 aliphatic heterocycles. The molecule has 0 amide bonds. The lowest BCUT2D eigenvalue weighted by atomic mass is 10.3. The third kappa shape index (κ3) is 3.09. The maximum absolute atomic E-state index is 11.9. The lowest BCUT2D eigenvalue weighted by Crippen LogP contribution is -2.06. The minimum Gasteiger partial charge on any atom is -0.382 e. The largest absolute Gasteiger partial charge is 0.382 e. The average molecular weight is 349 g/mol. The summed E-state index contributed by atoms with van der Waals surface area (Å²) in [5, 5.41) is 7.81. The summed E-state index contributed by atoms with van der Waals surface area (Å²) in [6, 6.07) is 4.81. The molecule has 0 atom stereocenters. The predicted octanol–water partition coefficient (Wildman–Crippen LogP) is 2.60. The van der Waals surface area contributed by atoms with Gasteiger partial charge in [-0.2, -0.15) is 0 Å². The number of hydrogen-bond acceptors (Lipinski definition) is 5. The monoisotopic (exact) mass is 348 g/mol.